The van der Waals surface area contributed by atoms with Crippen LogP contribution in [0.5, 0.6) is 5.75 Å². The molecule has 1 heterocycles. The fourth-order valence-corrected chi connectivity index (χ4v) is 4.44. The first kappa shape index (κ1) is 23.5. The zero-order valence-corrected chi connectivity index (χ0v) is 19.4. The van der Waals surface area contributed by atoms with Gasteiger partial charge in [-0.15, -0.1) is 0 Å². The predicted octanol–water partition coefficient (Wildman–Crippen LogP) is 3.63. The van der Waals surface area contributed by atoms with Gasteiger partial charge in [0.15, 0.2) is 9.84 Å². The Morgan fingerprint density at radius 3 is 2.41 bits per heavy atom. The van der Waals surface area contributed by atoms with Crippen molar-refractivity contribution in [3.05, 3.63) is 71.1 Å². The topological polar surface area (TPSA) is 98.5 Å². The number of aryl methyl sites for hydroxylation is 2. The van der Waals surface area contributed by atoms with E-state index >= 15 is 0 Å². The molecule has 3 aromatic rings. The Hall–Kier alpha value is -3.13. The quantitative estimate of drug-likeness (QED) is 0.500. The lowest BCUT2D eigenvalue weighted by Crippen LogP contribution is -2.32. The molecular weight excluding hydrogens is 428 g/mol. The normalized spacial score (nSPS) is 11.3. The van der Waals surface area contributed by atoms with Gasteiger partial charge >= 0.3 is 0 Å². The Morgan fingerprint density at radius 2 is 1.75 bits per heavy atom. The number of hydrogen-bond donors (Lipinski definition) is 1. The van der Waals surface area contributed by atoms with Crippen molar-refractivity contribution in [2.24, 2.45) is 0 Å². The number of nitrogens with zero attached hydrogens (tertiary/aromatic N) is 1. The maximum Gasteiger partial charge on any atom is 0.235 e. The molecule has 0 aliphatic rings. The number of rotatable bonds is 10. The summed E-state index contributed by atoms with van der Waals surface area (Å²) in [7, 11) is -3.69. The smallest absolute Gasteiger partial charge is 0.235 e. The minimum absolute atomic E-state index is 0.322. The van der Waals surface area contributed by atoms with Gasteiger partial charge in [-0.2, -0.15) is 0 Å². The first-order valence-electron chi connectivity index (χ1n) is 10.5. The SMILES string of the molecule is CCOc1ccc(CCNC(=O)CS(=O)(=O)Cc2nc(-c3ccc(C)cc3)oc2C)cc1. The maximum absolute atomic E-state index is 12.5. The van der Waals surface area contributed by atoms with E-state index in [4.69, 9.17) is 9.15 Å². The highest BCUT2D eigenvalue weighted by Crippen LogP contribution is 2.23. The summed E-state index contributed by atoms with van der Waals surface area (Å²) in [6.45, 7) is 6.52. The lowest BCUT2D eigenvalue weighted by molar-refractivity contribution is -0.118. The maximum atomic E-state index is 12.5. The minimum Gasteiger partial charge on any atom is -0.494 e. The molecule has 0 radical (unpaired) electrons. The van der Waals surface area contributed by atoms with Crippen LogP contribution < -0.4 is 10.1 Å². The third-order valence-corrected chi connectivity index (χ3v) is 6.28. The van der Waals surface area contributed by atoms with E-state index in [0.717, 1.165) is 22.4 Å². The first-order chi connectivity index (χ1) is 15.3. The number of amides is 1. The van der Waals surface area contributed by atoms with Crippen LogP contribution in [0.2, 0.25) is 0 Å². The van der Waals surface area contributed by atoms with Crippen LogP contribution in [0, 0.1) is 13.8 Å². The summed E-state index contributed by atoms with van der Waals surface area (Å²) in [6.07, 6.45) is 0.598. The molecule has 1 amide bonds. The highest BCUT2D eigenvalue weighted by atomic mass is 32.2. The molecule has 1 N–H and O–H groups in total. The molecule has 170 valence electrons. The molecule has 0 bridgehead atoms. The molecule has 32 heavy (non-hydrogen) atoms. The van der Waals surface area contributed by atoms with Gasteiger partial charge in [0.2, 0.25) is 11.8 Å². The molecule has 2 aromatic carbocycles. The first-order valence-corrected chi connectivity index (χ1v) is 12.3. The van der Waals surface area contributed by atoms with E-state index in [1.165, 1.54) is 0 Å². The summed E-state index contributed by atoms with van der Waals surface area (Å²) in [5, 5.41) is 2.67. The Balaban J connectivity index is 1.52. The molecule has 1 aromatic heterocycles. The standard InChI is InChI=1S/C24H28N2O5S/c1-4-30-21-11-7-19(8-12-21)13-14-25-23(27)16-32(28,29)15-22-18(3)31-24(26-22)20-9-5-17(2)6-10-20/h5-12H,4,13-16H2,1-3H3,(H,25,27). The number of carbonyl (C=O) groups excluding carboxylic acids is 1. The average Bonchev–Trinajstić information content (AvgIpc) is 3.09. The van der Waals surface area contributed by atoms with E-state index in [2.05, 4.69) is 10.3 Å². The van der Waals surface area contributed by atoms with Crippen LogP contribution in [-0.4, -0.2) is 38.2 Å². The summed E-state index contributed by atoms with van der Waals surface area (Å²) in [4.78, 5) is 16.5. The summed E-state index contributed by atoms with van der Waals surface area (Å²) in [5.41, 5.74) is 3.23. The van der Waals surface area contributed by atoms with Crippen molar-refractivity contribution >= 4 is 15.7 Å². The largest absolute Gasteiger partial charge is 0.494 e. The van der Waals surface area contributed by atoms with E-state index < -0.39 is 21.5 Å². The lowest BCUT2D eigenvalue weighted by Gasteiger charge is -2.07. The van der Waals surface area contributed by atoms with Crippen LogP contribution >= 0.6 is 0 Å². The molecule has 0 saturated heterocycles. The average molecular weight is 457 g/mol. The Morgan fingerprint density at radius 1 is 1.06 bits per heavy atom. The molecule has 0 saturated carbocycles. The molecule has 7 nitrogen and oxygen atoms in total. The number of oxazole rings is 1. The van der Waals surface area contributed by atoms with Crippen LogP contribution in [0.3, 0.4) is 0 Å². The molecule has 0 fully saturated rings. The number of carbonyl (C=O) groups is 1. The van der Waals surface area contributed by atoms with Gasteiger partial charge < -0.3 is 14.5 Å². The molecular formula is C24H28N2O5S. The monoisotopic (exact) mass is 456 g/mol. The highest BCUT2D eigenvalue weighted by Gasteiger charge is 2.22. The second kappa shape index (κ2) is 10.5. The lowest BCUT2D eigenvalue weighted by atomic mass is 10.1. The number of aromatic nitrogens is 1. The van der Waals surface area contributed by atoms with Crippen molar-refractivity contribution in [2.45, 2.75) is 32.9 Å². The molecule has 0 aliphatic carbocycles. The molecule has 0 unspecified atom stereocenters. The van der Waals surface area contributed by atoms with E-state index in [1.54, 1.807) is 6.92 Å². The Bertz CT molecular complexity index is 1150. The number of benzene rings is 2. The molecule has 0 spiro atoms. The second-order valence-electron chi connectivity index (χ2n) is 7.60. The molecule has 3 rings (SSSR count). The van der Waals surface area contributed by atoms with Gasteiger partial charge in [-0.3, -0.25) is 4.79 Å². The van der Waals surface area contributed by atoms with Gasteiger partial charge in [0.05, 0.1) is 18.1 Å². The molecule has 0 aliphatic heterocycles. The molecule has 0 atom stereocenters. The van der Waals surface area contributed by atoms with Gasteiger partial charge in [0, 0.05) is 12.1 Å². The number of ether oxygens (including phenoxy) is 1. The van der Waals surface area contributed by atoms with Gasteiger partial charge in [0.25, 0.3) is 0 Å². The highest BCUT2D eigenvalue weighted by molar-refractivity contribution is 7.91. The van der Waals surface area contributed by atoms with Crippen LogP contribution in [-0.2, 0) is 26.8 Å². The number of nitrogens with one attached hydrogen (secondary N) is 1. The zero-order valence-electron chi connectivity index (χ0n) is 18.6. The second-order valence-corrected chi connectivity index (χ2v) is 9.66. The van der Waals surface area contributed by atoms with Crippen LogP contribution in [0.15, 0.2) is 52.9 Å². The van der Waals surface area contributed by atoms with Crippen LogP contribution in [0.25, 0.3) is 11.5 Å². The van der Waals surface area contributed by atoms with Gasteiger partial charge in [-0.1, -0.05) is 29.8 Å². The number of sulfone groups is 1. The fraction of sp³-hybridized carbons (Fsp3) is 0.333. The van der Waals surface area contributed by atoms with E-state index in [-0.39, 0.29) is 5.75 Å². The van der Waals surface area contributed by atoms with Crippen molar-refractivity contribution in [3.63, 3.8) is 0 Å². The summed E-state index contributed by atoms with van der Waals surface area (Å²) in [6, 6.07) is 15.2. The van der Waals surface area contributed by atoms with Gasteiger partial charge in [0.1, 0.15) is 17.3 Å². The fourth-order valence-electron chi connectivity index (χ4n) is 3.16. The number of hydrogen-bond acceptors (Lipinski definition) is 6. The van der Waals surface area contributed by atoms with Crippen molar-refractivity contribution in [1.82, 2.24) is 10.3 Å². The minimum atomic E-state index is -3.69. The summed E-state index contributed by atoms with van der Waals surface area (Å²) in [5.74, 6) is 0.117. The van der Waals surface area contributed by atoms with Gasteiger partial charge in [-0.05, 0) is 57.0 Å². The summed E-state index contributed by atoms with van der Waals surface area (Å²) < 4.78 is 36.1. The van der Waals surface area contributed by atoms with Crippen molar-refractivity contribution in [1.29, 1.82) is 0 Å². The van der Waals surface area contributed by atoms with E-state index in [9.17, 15) is 13.2 Å². The van der Waals surface area contributed by atoms with Crippen LogP contribution in [0.4, 0.5) is 0 Å². The summed E-state index contributed by atoms with van der Waals surface area (Å²) >= 11 is 0. The van der Waals surface area contributed by atoms with Gasteiger partial charge in [-0.25, -0.2) is 13.4 Å². The Labute approximate surface area is 188 Å². The van der Waals surface area contributed by atoms with E-state index in [1.807, 2.05) is 62.4 Å². The Kier molecular flexibility index (Phi) is 7.69. The van der Waals surface area contributed by atoms with E-state index in [0.29, 0.717) is 36.9 Å². The third kappa shape index (κ3) is 6.68. The van der Waals surface area contributed by atoms with Crippen molar-refractivity contribution in [2.75, 3.05) is 18.9 Å². The van der Waals surface area contributed by atoms with Crippen LogP contribution in [0.1, 0.15) is 29.5 Å². The van der Waals surface area contributed by atoms with Crippen molar-refractivity contribution in [3.8, 4) is 17.2 Å². The zero-order chi connectivity index (χ0) is 23.1. The molecule has 8 heteroatoms. The van der Waals surface area contributed by atoms with Crippen molar-refractivity contribution < 1.29 is 22.4 Å². The predicted molar refractivity (Wildman–Crippen MR) is 123 cm³/mol. The third-order valence-electron chi connectivity index (χ3n) is 4.87.